The fourth-order valence-electron chi connectivity index (χ4n) is 1.91. The van der Waals surface area contributed by atoms with Gasteiger partial charge in [0, 0.05) is 36.9 Å². The third-order valence-corrected chi connectivity index (χ3v) is 3.89. The fourth-order valence-corrected chi connectivity index (χ4v) is 2.69. The number of alkyl halides is 1. The molecule has 14 heavy (non-hydrogen) atoms. The van der Waals surface area contributed by atoms with Crippen molar-refractivity contribution in [1.29, 1.82) is 0 Å². The highest BCUT2D eigenvalue weighted by Crippen LogP contribution is 2.26. The van der Waals surface area contributed by atoms with E-state index in [1.165, 1.54) is 5.69 Å². The van der Waals surface area contributed by atoms with E-state index in [9.17, 15) is 0 Å². The summed E-state index contributed by atoms with van der Waals surface area (Å²) in [6, 6.07) is 2.08. The van der Waals surface area contributed by atoms with Crippen molar-refractivity contribution in [3.05, 3.63) is 18.5 Å². The van der Waals surface area contributed by atoms with Crippen molar-refractivity contribution >= 4 is 21.6 Å². The summed E-state index contributed by atoms with van der Waals surface area (Å²) < 4.78 is 0. The van der Waals surface area contributed by atoms with Gasteiger partial charge in [0.2, 0.25) is 0 Å². The highest BCUT2D eigenvalue weighted by molar-refractivity contribution is 9.09. The standard InChI is InChI=1S/C10H15BrN2O/c11-10-6-13(4-2-8(10)7-14)9-1-3-12-5-9/h1,3,5,8,10,12,14H,2,4,6-7H2. The monoisotopic (exact) mass is 258 g/mol. The molecular weight excluding hydrogens is 244 g/mol. The van der Waals surface area contributed by atoms with E-state index < -0.39 is 0 Å². The Labute approximate surface area is 92.2 Å². The lowest BCUT2D eigenvalue weighted by Gasteiger charge is -2.35. The highest BCUT2D eigenvalue weighted by Gasteiger charge is 2.26. The lowest BCUT2D eigenvalue weighted by atomic mass is 9.97. The molecule has 0 bridgehead atoms. The van der Waals surface area contributed by atoms with Gasteiger partial charge in [0.1, 0.15) is 0 Å². The molecule has 2 heterocycles. The normalized spacial score (nSPS) is 28.0. The van der Waals surface area contributed by atoms with E-state index in [0.29, 0.717) is 10.7 Å². The Morgan fingerprint density at radius 2 is 2.50 bits per heavy atom. The van der Waals surface area contributed by atoms with Crippen molar-refractivity contribution < 1.29 is 5.11 Å². The van der Waals surface area contributed by atoms with Crippen molar-refractivity contribution in [2.24, 2.45) is 5.92 Å². The van der Waals surface area contributed by atoms with Gasteiger partial charge in [0.25, 0.3) is 0 Å². The maximum Gasteiger partial charge on any atom is 0.0544 e. The third-order valence-electron chi connectivity index (χ3n) is 2.86. The van der Waals surface area contributed by atoms with E-state index >= 15 is 0 Å². The van der Waals surface area contributed by atoms with E-state index in [1.807, 2.05) is 12.4 Å². The third kappa shape index (κ3) is 1.96. The first-order chi connectivity index (χ1) is 6.81. The Morgan fingerprint density at radius 1 is 1.64 bits per heavy atom. The molecule has 0 aliphatic carbocycles. The molecule has 2 unspecified atom stereocenters. The molecule has 0 amide bonds. The van der Waals surface area contributed by atoms with Gasteiger partial charge in [-0.25, -0.2) is 0 Å². The molecule has 2 N–H and O–H groups in total. The smallest absolute Gasteiger partial charge is 0.0544 e. The van der Waals surface area contributed by atoms with Gasteiger partial charge in [0.15, 0.2) is 0 Å². The Balaban J connectivity index is 1.99. The zero-order valence-electron chi connectivity index (χ0n) is 7.99. The Kier molecular flexibility index (Phi) is 3.13. The van der Waals surface area contributed by atoms with E-state index in [0.717, 1.165) is 19.5 Å². The number of nitrogens with zero attached hydrogens (tertiary/aromatic N) is 1. The molecule has 4 heteroatoms. The number of aromatic nitrogens is 1. The molecule has 1 saturated heterocycles. The van der Waals surface area contributed by atoms with Crippen LogP contribution in [0.5, 0.6) is 0 Å². The van der Waals surface area contributed by atoms with Crippen LogP contribution in [-0.2, 0) is 0 Å². The Hall–Kier alpha value is -0.480. The average molecular weight is 259 g/mol. The molecule has 0 saturated carbocycles. The molecule has 78 valence electrons. The number of nitrogens with one attached hydrogen (secondary N) is 1. The van der Waals surface area contributed by atoms with Crippen molar-refractivity contribution in [3.63, 3.8) is 0 Å². The van der Waals surface area contributed by atoms with Crippen LogP contribution in [0.25, 0.3) is 0 Å². The van der Waals surface area contributed by atoms with Gasteiger partial charge in [-0.2, -0.15) is 0 Å². The van der Waals surface area contributed by atoms with Crippen LogP contribution in [0.4, 0.5) is 5.69 Å². The summed E-state index contributed by atoms with van der Waals surface area (Å²) >= 11 is 3.63. The summed E-state index contributed by atoms with van der Waals surface area (Å²) in [7, 11) is 0. The molecule has 1 fully saturated rings. The maximum absolute atomic E-state index is 9.12. The number of hydrogen-bond acceptors (Lipinski definition) is 2. The second-order valence-electron chi connectivity index (χ2n) is 3.76. The molecule has 3 nitrogen and oxygen atoms in total. The van der Waals surface area contributed by atoms with E-state index in [1.54, 1.807) is 0 Å². The molecule has 0 aromatic carbocycles. The molecule has 1 aromatic rings. The Bertz CT molecular complexity index is 276. The lowest BCUT2D eigenvalue weighted by molar-refractivity contribution is 0.209. The lowest BCUT2D eigenvalue weighted by Crippen LogP contribution is -2.42. The fraction of sp³-hybridized carbons (Fsp3) is 0.600. The van der Waals surface area contributed by atoms with Crippen LogP contribution < -0.4 is 4.90 Å². The van der Waals surface area contributed by atoms with Crippen molar-refractivity contribution in [3.8, 4) is 0 Å². The van der Waals surface area contributed by atoms with Gasteiger partial charge in [-0.05, 0) is 18.4 Å². The minimum atomic E-state index is 0.289. The van der Waals surface area contributed by atoms with E-state index in [4.69, 9.17) is 5.11 Å². The quantitative estimate of drug-likeness (QED) is 0.792. The molecule has 1 aliphatic rings. The molecule has 0 radical (unpaired) electrons. The average Bonchev–Trinajstić information content (AvgIpc) is 2.70. The predicted octanol–water partition coefficient (Wildman–Crippen LogP) is 1.60. The Morgan fingerprint density at radius 3 is 3.07 bits per heavy atom. The van der Waals surface area contributed by atoms with Crippen molar-refractivity contribution in [1.82, 2.24) is 4.98 Å². The molecule has 1 aliphatic heterocycles. The molecule has 0 spiro atoms. The minimum Gasteiger partial charge on any atom is -0.396 e. The second kappa shape index (κ2) is 4.36. The number of hydrogen-bond donors (Lipinski definition) is 2. The summed E-state index contributed by atoms with van der Waals surface area (Å²) in [5.41, 5.74) is 1.24. The number of piperidine rings is 1. The van der Waals surface area contributed by atoms with Gasteiger partial charge in [-0.1, -0.05) is 15.9 Å². The number of anilines is 1. The highest BCUT2D eigenvalue weighted by atomic mass is 79.9. The molecule has 2 rings (SSSR count). The number of aromatic amines is 1. The molecular formula is C10H15BrN2O. The first-order valence-electron chi connectivity index (χ1n) is 4.94. The summed E-state index contributed by atoms with van der Waals surface area (Å²) in [5.74, 6) is 0.408. The van der Waals surface area contributed by atoms with Crippen LogP contribution in [0.3, 0.4) is 0 Å². The van der Waals surface area contributed by atoms with Crippen molar-refractivity contribution in [2.75, 3.05) is 24.6 Å². The van der Waals surface area contributed by atoms with Crippen LogP contribution in [0.15, 0.2) is 18.5 Å². The van der Waals surface area contributed by atoms with Crippen LogP contribution in [-0.4, -0.2) is 34.6 Å². The second-order valence-corrected chi connectivity index (χ2v) is 4.94. The first-order valence-corrected chi connectivity index (χ1v) is 5.85. The van der Waals surface area contributed by atoms with Crippen LogP contribution >= 0.6 is 15.9 Å². The number of aliphatic hydroxyl groups excluding tert-OH is 1. The van der Waals surface area contributed by atoms with Crippen LogP contribution in [0.1, 0.15) is 6.42 Å². The van der Waals surface area contributed by atoms with E-state index in [-0.39, 0.29) is 6.61 Å². The van der Waals surface area contributed by atoms with Gasteiger partial charge in [-0.3, -0.25) is 0 Å². The first kappa shape index (κ1) is 10.1. The number of halogens is 1. The zero-order valence-corrected chi connectivity index (χ0v) is 9.57. The maximum atomic E-state index is 9.12. The van der Waals surface area contributed by atoms with Gasteiger partial charge >= 0.3 is 0 Å². The number of aliphatic hydroxyl groups is 1. The minimum absolute atomic E-state index is 0.289. The van der Waals surface area contributed by atoms with Crippen LogP contribution in [0.2, 0.25) is 0 Å². The predicted molar refractivity (Wildman–Crippen MR) is 60.9 cm³/mol. The largest absolute Gasteiger partial charge is 0.396 e. The number of rotatable bonds is 2. The molecule has 2 atom stereocenters. The summed E-state index contributed by atoms with van der Waals surface area (Å²) in [4.78, 5) is 5.80. The van der Waals surface area contributed by atoms with Gasteiger partial charge < -0.3 is 15.0 Å². The zero-order chi connectivity index (χ0) is 9.97. The van der Waals surface area contributed by atoms with Gasteiger partial charge in [-0.15, -0.1) is 0 Å². The summed E-state index contributed by atoms with van der Waals surface area (Å²) in [6.07, 6.45) is 5.01. The van der Waals surface area contributed by atoms with Gasteiger partial charge in [0.05, 0.1) is 5.69 Å². The van der Waals surface area contributed by atoms with Crippen molar-refractivity contribution in [2.45, 2.75) is 11.2 Å². The van der Waals surface area contributed by atoms with E-state index in [2.05, 4.69) is 31.9 Å². The topological polar surface area (TPSA) is 39.3 Å². The van der Waals surface area contributed by atoms with Crippen LogP contribution in [0, 0.1) is 5.92 Å². The SMILES string of the molecule is OCC1CCN(c2cc[nH]c2)CC1Br. The number of H-pyrrole nitrogens is 1. The summed E-state index contributed by atoms with van der Waals surface area (Å²) in [6.45, 7) is 2.30. The summed E-state index contributed by atoms with van der Waals surface area (Å²) in [5, 5.41) is 9.12. The molecule has 1 aromatic heterocycles.